The maximum absolute atomic E-state index is 11.8. The lowest BCUT2D eigenvalue weighted by molar-refractivity contribution is -0.124. The zero-order valence-electron chi connectivity index (χ0n) is 11.4. The van der Waals surface area contributed by atoms with Crippen molar-refractivity contribution in [2.75, 3.05) is 26.4 Å². The number of carbonyl (C=O) groups is 1. The highest BCUT2D eigenvalue weighted by Gasteiger charge is 2.14. The van der Waals surface area contributed by atoms with Crippen molar-refractivity contribution in [1.82, 2.24) is 19.4 Å². The zero-order chi connectivity index (χ0) is 14.5. The summed E-state index contributed by atoms with van der Waals surface area (Å²) < 4.78 is 25.1. The molecule has 0 aliphatic carbocycles. The molecule has 1 rings (SSSR count). The maximum atomic E-state index is 11.8. The summed E-state index contributed by atoms with van der Waals surface area (Å²) in [5.41, 5.74) is 0. The summed E-state index contributed by atoms with van der Waals surface area (Å²) in [6.07, 6.45) is 5.07. The van der Waals surface area contributed by atoms with Crippen LogP contribution in [-0.2, 0) is 14.8 Å². The Bertz CT molecular complexity index is 498. The highest BCUT2D eigenvalue weighted by molar-refractivity contribution is 7.88. The van der Waals surface area contributed by atoms with Crippen LogP contribution in [-0.4, -0.2) is 54.8 Å². The summed E-state index contributed by atoms with van der Waals surface area (Å²) in [5, 5.41) is 6.75. The van der Waals surface area contributed by atoms with E-state index in [2.05, 4.69) is 10.4 Å². The number of carbonyl (C=O) groups excluding carboxylic acids is 1. The molecule has 1 aromatic rings. The summed E-state index contributed by atoms with van der Waals surface area (Å²) in [5.74, 6) is -0.134. The molecule has 0 saturated heterocycles. The van der Waals surface area contributed by atoms with Crippen LogP contribution >= 0.6 is 0 Å². The second kappa shape index (κ2) is 6.67. The van der Waals surface area contributed by atoms with Gasteiger partial charge >= 0.3 is 0 Å². The van der Waals surface area contributed by atoms with E-state index in [0.717, 1.165) is 6.26 Å². The molecule has 7 nitrogen and oxygen atoms in total. The molecule has 0 unspecified atom stereocenters. The lowest BCUT2D eigenvalue weighted by Gasteiger charge is -2.15. The molecular formula is C11H20N4O3S. The van der Waals surface area contributed by atoms with Gasteiger partial charge in [0.2, 0.25) is 15.9 Å². The molecule has 1 aromatic heterocycles. The van der Waals surface area contributed by atoms with Gasteiger partial charge in [-0.25, -0.2) is 12.7 Å². The topological polar surface area (TPSA) is 84.3 Å². The number of aromatic nitrogens is 2. The van der Waals surface area contributed by atoms with Crippen LogP contribution in [0.4, 0.5) is 0 Å². The van der Waals surface area contributed by atoms with E-state index >= 15 is 0 Å². The number of nitrogens with one attached hydrogen (secondary N) is 1. The Labute approximate surface area is 113 Å². The average molecular weight is 288 g/mol. The minimum Gasteiger partial charge on any atom is -0.354 e. The van der Waals surface area contributed by atoms with Crippen molar-refractivity contribution in [3.63, 3.8) is 0 Å². The minimum atomic E-state index is -3.15. The van der Waals surface area contributed by atoms with Gasteiger partial charge in [0.15, 0.2) is 0 Å². The fourth-order valence-electron chi connectivity index (χ4n) is 1.46. The van der Waals surface area contributed by atoms with Crippen LogP contribution in [0.1, 0.15) is 19.4 Å². The van der Waals surface area contributed by atoms with E-state index in [4.69, 9.17) is 0 Å². The molecule has 0 bridgehead atoms. The third-order valence-electron chi connectivity index (χ3n) is 2.82. The van der Waals surface area contributed by atoms with Gasteiger partial charge in [-0.3, -0.25) is 9.48 Å². The summed E-state index contributed by atoms with van der Waals surface area (Å²) in [7, 11) is -1.63. The first kappa shape index (κ1) is 15.6. The van der Waals surface area contributed by atoms with Gasteiger partial charge in [0.05, 0.1) is 6.26 Å². The van der Waals surface area contributed by atoms with Crippen molar-refractivity contribution in [2.24, 2.45) is 0 Å². The van der Waals surface area contributed by atoms with Gasteiger partial charge in [-0.05, 0) is 19.4 Å². The predicted molar refractivity (Wildman–Crippen MR) is 72.0 cm³/mol. The van der Waals surface area contributed by atoms with Gasteiger partial charge in [0, 0.05) is 32.5 Å². The van der Waals surface area contributed by atoms with Crippen LogP contribution in [0.3, 0.4) is 0 Å². The zero-order valence-corrected chi connectivity index (χ0v) is 12.2. The number of sulfonamides is 1. The molecule has 19 heavy (non-hydrogen) atoms. The highest BCUT2D eigenvalue weighted by atomic mass is 32.2. The second-order valence-corrected chi connectivity index (χ2v) is 6.48. The lowest BCUT2D eigenvalue weighted by Crippen LogP contribution is -2.34. The van der Waals surface area contributed by atoms with Crippen molar-refractivity contribution in [3.8, 4) is 0 Å². The van der Waals surface area contributed by atoms with E-state index in [9.17, 15) is 13.2 Å². The van der Waals surface area contributed by atoms with E-state index < -0.39 is 10.0 Å². The van der Waals surface area contributed by atoms with Crippen LogP contribution in [0.2, 0.25) is 0 Å². The Kier molecular flexibility index (Phi) is 5.49. The molecule has 0 fully saturated rings. The Morgan fingerprint density at radius 3 is 2.74 bits per heavy atom. The van der Waals surface area contributed by atoms with Crippen LogP contribution in [0.5, 0.6) is 0 Å². The predicted octanol–water partition coefficient (Wildman–Crippen LogP) is -0.158. The molecule has 0 aromatic carbocycles. The van der Waals surface area contributed by atoms with Crippen LogP contribution in [0.25, 0.3) is 0 Å². The molecule has 1 amide bonds. The highest BCUT2D eigenvalue weighted by Crippen LogP contribution is 2.02. The standard InChI is InChI=1S/C11H20N4O3S/c1-10(15-9-5-7-13-15)11(16)12-6-4-8-14(2)19(3,17)18/h5,7,9-10H,4,6,8H2,1-3H3,(H,12,16)/t10-/m1/s1. The van der Waals surface area contributed by atoms with E-state index in [1.807, 2.05) is 0 Å². The maximum Gasteiger partial charge on any atom is 0.244 e. The first-order valence-electron chi connectivity index (χ1n) is 6.00. The molecular weight excluding hydrogens is 268 g/mol. The van der Waals surface area contributed by atoms with Crippen molar-refractivity contribution in [1.29, 1.82) is 0 Å². The Hall–Kier alpha value is -1.41. The van der Waals surface area contributed by atoms with Crippen molar-refractivity contribution < 1.29 is 13.2 Å². The largest absolute Gasteiger partial charge is 0.354 e. The fraction of sp³-hybridized carbons (Fsp3) is 0.636. The van der Waals surface area contributed by atoms with Crippen LogP contribution < -0.4 is 5.32 Å². The number of nitrogens with zero attached hydrogens (tertiary/aromatic N) is 3. The molecule has 0 spiro atoms. The quantitative estimate of drug-likeness (QED) is 0.707. The van der Waals surface area contributed by atoms with Gasteiger partial charge < -0.3 is 5.32 Å². The third kappa shape index (κ3) is 4.99. The summed E-state index contributed by atoms with van der Waals surface area (Å²) in [6.45, 7) is 2.57. The molecule has 8 heteroatoms. The molecule has 0 aliphatic heterocycles. The molecule has 0 radical (unpaired) electrons. The summed E-state index contributed by atoms with van der Waals surface area (Å²) in [4.78, 5) is 11.8. The molecule has 1 heterocycles. The number of hydrogen-bond donors (Lipinski definition) is 1. The van der Waals surface area contributed by atoms with Gasteiger partial charge in [-0.15, -0.1) is 0 Å². The van der Waals surface area contributed by atoms with Gasteiger partial charge in [-0.1, -0.05) is 0 Å². The van der Waals surface area contributed by atoms with E-state index in [0.29, 0.717) is 19.5 Å². The van der Waals surface area contributed by atoms with Crippen molar-refractivity contribution >= 4 is 15.9 Å². The molecule has 1 atom stereocenters. The number of hydrogen-bond acceptors (Lipinski definition) is 4. The first-order chi connectivity index (χ1) is 8.82. The molecule has 1 N–H and O–H groups in total. The number of rotatable bonds is 7. The Morgan fingerprint density at radius 1 is 1.53 bits per heavy atom. The fourth-order valence-corrected chi connectivity index (χ4v) is 1.92. The SMILES string of the molecule is C[C@H](C(=O)NCCCN(C)S(C)(=O)=O)n1cccn1. The molecule has 108 valence electrons. The summed E-state index contributed by atoms with van der Waals surface area (Å²) >= 11 is 0. The van der Waals surface area contributed by atoms with Gasteiger partial charge in [0.1, 0.15) is 6.04 Å². The third-order valence-corrected chi connectivity index (χ3v) is 4.13. The summed E-state index contributed by atoms with van der Waals surface area (Å²) in [6, 6.07) is 1.38. The van der Waals surface area contributed by atoms with Crippen molar-refractivity contribution in [3.05, 3.63) is 18.5 Å². The monoisotopic (exact) mass is 288 g/mol. The van der Waals surface area contributed by atoms with Gasteiger partial charge in [-0.2, -0.15) is 5.10 Å². The van der Waals surface area contributed by atoms with E-state index in [-0.39, 0.29) is 11.9 Å². The first-order valence-corrected chi connectivity index (χ1v) is 7.85. The van der Waals surface area contributed by atoms with E-state index in [1.165, 1.54) is 11.4 Å². The number of amides is 1. The molecule has 0 aliphatic rings. The normalized spacial score (nSPS) is 13.5. The van der Waals surface area contributed by atoms with Crippen LogP contribution in [0.15, 0.2) is 18.5 Å². The second-order valence-electron chi connectivity index (χ2n) is 4.39. The smallest absolute Gasteiger partial charge is 0.244 e. The van der Waals surface area contributed by atoms with Crippen molar-refractivity contribution in [2.45, 2.75) is 19.4 Å². The lowest BCUT2D eigenvalue weighted by atomic mass is 10.3. The Balaban J connectivity index is 2.28. The van der Waals surface area contributed by atoms with E-state index in [1.54, 1.807) is 30.1 Å². The van der Waals surface area contributed by atoms with Gasteiger partial charge in [0.25, 0.3) is 0 Å². The minimum absolute atomic E-state index is 0.134. The van der Waals surface area contributed by atoms with Crippen LogP contribution in [0, 0.1) is 0 Å². The molecule has 0 saturated carbocycles. The average Bonchev–Trinajstić information content (AvgIpc) is 2.85. The Morgan fingerprint density at radius 2 is 2.21 bits per heavy atom.